The Kier molecular flexibility index (Phi) is 5.91. The highest BCUT2D eigenvalue weighted by Crippen LogP contribution is 2.37. The predicted molar refractivity (Wildman–Crippen MR) is 126 cm³/mol. The first kappa shape index (κ1) is 21.5. The number of carbonyl (C=O) groups is 1. The lowest BCUT2D eigenvalue weighted by atomic mass is 10.2. The van der Waals surface area contributed by atoms with Gasteiger partial charge in [0.2, 0.25) is 0 Å². The molecule has 2 aromatic carbocycles. The molecule has 0 saturated heterocycles. The van der Waals surface area contributed by atoms with E-state index in [-0.39, 0.29) is 23.5 Å². The van der Waals surface area contributed by atoms with Gasteiger partial charge >= 0.3 is 0 Å². The fourth-order valence-corrected chi connectivity index (χ4v) is 4.11. The second-order valence-electron chi connectivity index (χ2n) is 7.48. The number of nitrogens with two attached hydrogens (primary N) is 1. The SMILES string of the molecule is Cc1cc(Nc2ncnc3sc(C(=O)Nc4ccc(OC(C)C)cc4)c(N)c23)ccc1F. The predicted octanol–water partition coefficient (Wildman–Crippen LogP) is 5.50. The van der Waals surface area contributed by atoms with E-state index in [1.807, 2.05) is 13.8 Å². The van der Waals surface area contributed by atoms with Crippen LogP contribution in [0.4, 0.5) is 27.3 Å². The number of hydrogen-bond acceptors (Lipinski definition) is 7. The highest BCUT2D eigenvalue weighted by molar-refractivity contribution is 7.21. The molecule has 4 N–H and O–H groups in total. The molecule has 0 fully saturated rings. The Morgan fingerprint density at radius 2 is 1.84 bits per heavy atom. The summed E-state index contributed by atoms with van der Waals surface area (Å²) < 4.78 is 19.2. The summed E-state index contributed by atoms with van der Waals surface area (Å²) >= 11 is 1.18. The van der Waals surface area contributed by atoms with Crippen LogP contribution in [-0.4, -0.2) is 22.0 Å². The van der Waals surface area contributed by atoms with Crippen LogP contribution in [0.2, 0.25) is 0 Å². The van der Waals surface area contributed by atoms with Crippen LogP contribution >= 0.6 is 11.3 Å². The summed E-state index contributed by atoms with van der Waals surface area (Å²) in [5.41, 5.74) is 8.39. The van der Waals surface area contributed by atoms with Gasteiger partial charge in [0, 0.05) is 11.4 Å². The van der Waals surface area contributed by atoms with Crippen molar-refractivity contribution in [3.63, 3.8) is 0 Å². The molecule has 0 saturated carbocycles. The molecule has 0 aliphatic carbocycles. The zero-order valence-electron chi connectivity index (χ0n) is 17.8. The second kappa shape index (κ2) is 8.80. The molecule has 4 rings (SSSR count). The normalized spacial score (nSPS) is 11.0. The summed E-state index contributed by atoms with van der Waals surface area (Å²) in [6, 6.07) is 11.8. The summed E-state index contributed by atoms with van der Waals surface area (Å²) in [5, 5.41) is 6.54. The minimum absolute atomic E-state index is 0.0662. The van der Waals surface area contributed by atoms with Gasteiger partial charge < -0.3 is 21.1 Å². The minimum atomic E-state index is -0.341. The van der Waals surface area contributed by atoms with E-state index in [2.05, 4.69) is 20.6 Å². The van der Waals surface area contributed by atoms with Crippen molar-refractivity contribution in [2.24, 2.45) is 0 Å². The third-order valence-electron chi connectivity index (χ3n) is 4.64. The smallest absolute Gasteiger partial charge is 0.267 e. The molecule has 0 bridgehead atoms. The van der Waals surface area contributed by atoms with Crippen molar-refractivity contribution in [1.29, 1.82) is 0 Å². The number of nitrogens with zero attached hydrogens (tertiary/aromatic N) is 2. The molecule has 0 spiro atoms. The van der Waals surface area contributed by atoms with E-state index in [9.17, 15) is 9.18 Å². The fraction of sp³-hybridized carbons (Fsp3) is 0.174. The quantitative estimate of drug-likeness (QED) is 0.358. The highest BCUT2D eigenvalue weighted by Gasteiger charge is 2.20. The number of aromatic nitrogens is 2. The largest absolute Gasteiger partial charge is 0.491 e. The molecule has 0 atom stereocenters. The van der Waals surface area contributed by atoms with Crippen molar-refractivity contribution < 1.29 is 13.9 Å². The Bertz CT molecular complexity index is 1290. The Labute approximate surface area is 188 Å². The summed E-state index contributed by atoms with van der Waals surface area (Å²) in [6.07, 6.45) is 1.46. The van der Waals surface area contributed by atoms with E-state index in [4.69, 9.17) is 10.5 Å². The van der Waals surface area contributed by atoms with Gasteiger partial charge in [0.05, 0.1) is 17.2 Å². The Hall–Kier alpha value is -3.72. The van der Waals surface area contributed by atoms with E-state index in [0.717, 1.165) is 5.75 Å². The molecule has 7 nitrogen and oxygen atoms in total. The number of thiophene rings is 1. The van der Waals surface area contributed by atoms with Crippen LogP contribution in [0, 0.1) is 12.7 Å². The summed E-state index contributed by atoms with van der Waals surface area (Å²) in [4.78, 5) is 22.3. The number of benzene rings is 2. The standard InChI is InChI=1S/C23H22FN5O2S/c1-12(2)31-16-7-4-14(5-8-16)29-22(30)20-19(25)18-21(26-11-27-23(18)32-20)28-15-6-9-17(24)13(3)10-15/h4-12H,25H2,1-3H3,(H,29,30)(H,26,27,28). The molecule has 0 unspecified atom stereocenters. The summed E-state index contributed by atoms with van der Waals surface area (Å²) in [5.74, 6) is 0.540. The number of anilines is 4. The molecule has 0 aliphatic rings. The van der Waals surface area contributed by atoms with Crippen molar-refractivity contribution in [2.75, 3.05) is 16.4 Å². The van der Waals surface area contributed by atoms with Crippen LogP contribution in [0.25, 0.3) is 10.2 Å². The molecule has 164 valence electrons. The van der Waals surface area contributed by atoms with Crippen LogP contribution in [0.15, 0.2) is 48.8 Å². The molecule has 9 heteroatoms. The van der Waals surface area contributed by atoms with E-state index in [0.29, 0.717) is 37.8 Å². The molecule has 2 heterocycles. The van der Waals surface area contributed by atoms with Crippen molar-refractivity contribution in [3.8, 4) is 5.75 Å². The fourth-order valence-electron chi connectivity index (χ4n) is 3.15. The van der Waals surface area contributed by atoms with Gasteiger partial charge in [0.15, 0.2) is 0 Å². The number of amides is 1. The van der Waals surface area contributed by atoms with Gasteiger partial charge in [-0.15, -0.1) is 11.3 Å². The lowest BCUT2D eigenvalue weighted by molar-refractivity contribution is 0.103. The van der Waals surface area contributed by atoms with Crippen LogP contribution in [-0.2, 0) is 0 Å². The molecular weight excluding hydrogens is 429 g/mol. The first-order chi connectivity index (χ1) is 15.3. The Morgan fingerprint density at radius 3 is 2.53 bits per heavy atom. The summed E-state index contributed by atoms with van der Waals surface area (Å²) in [7, 11) is 0. The Balaban J connectivity index is 1.59. The third kappa shape index (κ3) is 4.47. The Morgan fingerprint density at radius 1 is 1.12 bits per heavy atom. The monoisotopic (exact) mass is 451 g/mol. The van der Waals surface area contributed by atoms with Gasteiger partial charge in [-0.3, -0.25) is 4.79 Å². The van der Waals surface area contributed by atoms with Crippen molar-refractivity contribution in [3.05, 3.63) is 65.0 Å². The van der Waals surface area contributed by atoms with Crippen LogP contribution in [0.5, 0.6) is 5.75 Å². The molecular formula is C23H22FN5O2S. The molecule has 2 aromatic heterocycles. The van der Waals surface area contributed by atoms with Gasteiger partial charge in [-0.1, -0.05) is 0 Å². The van der Waals surface area contributed by atoms with Gasteiger partial charge in [-0.2, -0.15) is 0 Å². The van der Waals surface area contributed by atoms with Gasteiger partial charge in [-0.25, -0.2) is 14.4 Å². The number of nitrogen functional groups attached to an aromatic ring is 1. The van der Waals surface area contributed by atoms with Crippen LogP contribution in [0.3, 0.4) is 0 Å². The van der Waals surface area contributed by atoms with Crippen LogP contribution < -0.4 is 21.1 Å². The van der Waals surface area contributed by atoms with E-state index in [1.54, 1.807) is 43.3 Å². The topological polar surface area (TPSA) is 102 Å². The van der Waals surface area contributed by atoms with E-state index >= 15 is 0 Å². The van der Waals surface area contributed by atoms with Crippen LogP contribution in [0.1, 0.15) is 29.1 Å². The van der Waals surface area contributed by atoms with Gasteiger partial charge in [0.1, 0.15) is 33.4 Å². The van der Waals surface area contributed by atoms with Crippen molar-refractivity contribution >= 4 is 50.3 Å². The number of nitrogens with one attached hydrogen (secondary N) is 2. The highest BCUT2D eigenvalue weighted by atomic mass is 32.1. The van der Waals surface area contributed by atoms with Crippen molar-refractivity contribution in [1.82, 2.24) is 9.97 Å². The molecule has 0 aliphatic heterocycles. The first-order valence-electron chi connectivity index (χ1n) is 9.96. The number of aryl methyl sites for hydroxylation is 1. The number of fused-ring (bicyclic) bond motifs is 1. The maximum Gasteiger partial charge on any atom is 0.267 e. The molecule has 0 radical (unpaired) electrons. The minimum Gasteiger partial charge on any atom is -0.491 e. The lowest BCUT2D eigenvalue weighted by Crippen LogP contribution is -2.12. The molecule has 4 aromatic rings. The average Bonchev–Trinajstić information content (AvgIpc) is 3.09. The maximum atomic E-state index is 13.6. The number of hydrogen-bond donors (Lipinski definition) is 3. The number of halogens is 1. The zero-order chi connectivity index (χ0) is 22.8. The van der Waals surface area contributed by atoms with Gasteiger partial charge in [0.25, 0.3) is 5.91 Å². The maximum absolute atomic E-state index is 13.6. The van der Waals surface area contributed by atoms with Crippen molar-refractivity contribution in [2.45, 2.75) is 26.9 Å². The first-order valence-corrected chi connectivity index (χ1v) is 10.8. The summed E-state index contributed by atoms with van der Waals surface area (Å²) in [6.45, 7) is 5.57. The number of carbonyl (C=O) groups excluding carboxylic acids is 1. The van der Waals surface area contributed by atoms with Gasteiger partial charge in [-0.05, 0) is 68.8 Å². The molecule has 32 heavy (non-hydrogen) atoms. The van der Waals surface area contributed by atoms with E-state index in [1.165, 1.54) is 23.7 Å². The zero-order valence-corrected chi connectivity index (χ0v) is 18.6. The lowest BCUT2D eigenvalue weighted by Gasteiger charge is -2.10. The average molecular weight is 452 g/mol. The number of rotatable bonds is 6. The molecule has 1 amide bonds. The van der Waals surface area contributed by atoms with E-state index < -0.39 is 0 Å². The second-order valence-corrected chi connectivity index (χ2v) is 8.48. The third-order valence-corrected chi connectivity index (χ3v) is 5.75. The number of ether oxygens (including phenoxy) is 1.